The second kappa shape index (κ2) is 4.11. The normalized spacial score (nSPS) is 9.57. The van der Waals surface area contributed by atoms with E-state index in [4.69, 9.17) is 11.6 Å². The molecule has 14 heavy (non-hydrogen) atoms. The predicted octanol–water partition coefficient (Wildman–Crippen LogP) is 0.662. The van der Waals surface area contributed by atoms with Gasteiger partial charge in [-0.2, -0.15) is 0 Å². The molecule has 1 amide bonds. The number of carbonyl (C=O) groups is 2. The molecule has 1 N–H and O–H groups in total. The summed E-state index contributed by atoms with van der Waals surface area (Å²) < 4.78 is 0. The molecule has 0 radical (unpaired) electrons. The average Bonchev–Trinajstić information content (AvgIpc) is 2.01. The van der Waals surface area contributed by atoms with Crippen LogP contribution in [0.2, 0.25) is 5.02 Å². The number of amides is 1. The highest BCUT2D eigenvalue weighted by molar-refractivity contribution is 6.33. The maximum atomic E-state index is 10.7. The van der Waals surface area contributed by atoms with E-state index in [-0.39, 0.29) is 16.5 Å². The van der Waals surface area contributed by atoms with Crippen LogP contribution in [0.5, 0.6) is 0 Å². The van der Waals surface area contributed by atoms with Crippen molar-refractivity contribution in [1.82, 2.24) is 0 Å². The first-order chi connectivity index (χ1) is 6.50. The monoisotopic (exact) mass is 212 g/mol. The van der Waals surface area contributed by atoms with Crippen molar-refractivity contribution < 1.29 is 14.7 Å². The fourth-order valence-corrected chi connectivity index (χ4v) is 1.22. The number of nitrogens with one attached hydrogen (secondary N) is 1. The van der Waals surface area contributed by atoms with Gasteiger partial charge < -0.3 is 15.2 Å². The summed E-state index contributed by atoms with van der Waals surface area (Å²) in [5, 5.41) is 13.0. The second-order valence-electron chi connectivity index (χ2n) is 2.66. The Balaban J connectivity index is 3.00. The molecule has 0 aliphatic rings. The van der Waals surface area contributed by atoms with Crippen LogP contribution in [0.3, 0.4) is 0 Å². The van der Waals surface area contributed by atoms with Gasteiger partial charge in [0.1, 0.15) is 0 Å². The molecule has 0 heterocycles. The van der Waals surface area contributed by atoms with Gasteiger partial charge in [-0.1, -0.05) is 11.6 Å². The number of benzene rings is 1. The lowest BCUT2D eigenvalue weighted by Gasteiger charge is -2.07. The molecule has 0 saturated heterocycles. The van der Waals surface area contributed by atoms with Crippen molar-refractivity contribution in [2.75, 3.05) is 5.32 Å². The molecule has 0 aromatic heterocycles. The topological polar surface area (TPSA) is 69.2 Å². The summed E-state index contributed by atoms with van der Waals surface area (Å²) in [6.45, 7) is 1.35. The molecule has 0 atom stereocenters. The number of carboxylic acid groups (broad SMARTS) is 1. The molecule has 1 aromatic rings. The lowest BCUT2D eigenvalue weighted by atomic mass is 10.2. The third-order valence-electron chi connectivity index (χ3n) is 1.51. The Labute approximate surface area is 85.5 Å². The maximum absolute atomic E-state index is 10.7. The Kier molecular flexibility index (Phi) is 3.09. The SMILES string of the molecule is CC(=O)Nc1ccc(C(=O)[O-])c(Cl)c1. The highest BCUT2D eigenvalue weighted by atomic mass is 35.5. The quantitative estimate of drug-likeness (QED) is 0.783. The molecule has 74 valence electrons. The Morgan fingerprint density at radius 3 is 2.50 bits per heavy atom. The van der Waals surface area contributed by atoms with Crippen molar-refractivity contribution in [2.24, 2.45) is 0 Å². The summed E-state index contributed by atoms with van der Waals surface area (Å²) in [5.74, 6) is -1.59. The van der Waals surface area contributed by atoms with Crippen LogP contribution in [0.25, 0.3) is 0 Å². The molecule has 4 nitrogen and oxygen atoms in total. The molecule has 0 aliphatic carbocycles. The van der Waals surface area contributed by atoms with Gasteiger partial charge in [-0.25, -0.2) is 0 Å². The predicted molar refractivity (Wildman–Crippen MR) is 50.1 cm³/mol. The summed E-state index contributed by atoms with van der Waals surface area (Å²) in [4.78, 5) is 21.1. The van der Waals surface area contributed by atoms with E-state index in [9.17, 15) is 14.7 Å². The van der Waals surface area contributed by atoms with Crippen molar-refractivity contribution >= 4 is 29.2 Å². The lowest BCUT2D eigenvalue weighted by molar-refractivity contribution is -0.255. The highest BCUT2D eigenvalue weighted by Gasteiger charge is 2.03. The standard InChI is InChI=1S/C9H8ClNO3/c1-5(12)11-6-2-3-7(9(13)14)8(10)4-6/h2-4H,1H3,(H,11,12)(H,13,14)/p-1. The number of halogens is 1. The molecule has 1 aromatic carbocycles. The molecule has 0 saturated carbocycles. The fraction of sp³-hybridized carbons (Fsp3) is 0.111. The summed E-state index contributed by atoms with van der Waals surface area (Å²) in [7, 11) is 0. The van der Waals surface area contributed by atoms with Crippen LogP contribution in [0.1, 0.15) is 17.3 Å². The van der Waals surface area contributed by atoms with E-state index in [0.717, 1.165) is 0 Å². The minimum Gasteiger partial charge on any atom is -0.545 e. The third-order valence-corrected chi connectivity index (χ3v) is 1.82. The molecular formula is C9H7ClNO3-. The zero-order valence-corrected chi connectivity index (χ0v) is 8.09. The highest BCUT2D eigenvalue weighted by Crippen LogP contribution is 2.20. The van der Waals surface area contributed by atoms with Gasteiger partial charge in [-0.15, -0.1) is 0 Å². The molecule has 0 unspecified atom stereocenters. The average molecular weight is 213 g/mol. The number of anilines is 1. The third kappa shape index (κ3) is 2.47. The van der Waals surface area contributed by atoms with E-state index < -0.39 is 5.97 Å². The van der Waals surface area contributed by atoms with Crippen molar-refractivity contribution in [2.45, 2.75) is 6.92 Å². The van der Waals surface area contributed by atoms with Crippen LogP contribution >= 0.6 is 11.6 Å². The summed E-state index contributed by atoms with van der Waals surface area (Å²) in [5.41, 5.74) is 0.355. The van der Waals surface area contributed by atoms with Crippen molar-refractivity contribution in [3.05, 3.63) is 28.8 Å². The molecule has 0 aliphatic heterocycles. The van der Waals surface area contributed by atoms with Crippen molar-refractivity contribution in [3.63, 3.8) is 0 Å². The van der Waals surface area contributed by atoms with Gasteiger partial charge in [0.25, 0.3) is 0 Å². The van der Waals surface area contributed by atoms with Crippen LogP contribution in [0.15, 0.2) is 18.2 Å². The van der Waals surface area contributed by atoms with Gasteiger partial charge in [0, 0.05) is 18.2 Å². The molecule has 0 fully saturated rings. The van der Waals surface area contributed by atoms with Crippen LogP contribution < -0.4 is 10.4 Å². The number of carboxylic acids is 1. The van der Waals surface area contributed by atoms with Gasteiger partial charge in [-0.05, 0) is 18.2 Å². The molecule has 5 heteroatoms. The smallest absolute Gasteiger partial charge is 0.221 e. The first kappa shape index (κ1) is 10.5. The summed E-state index contributed by atoms with van der Waals surface area (Å²) >= 11 is 5.64. The van der Waals surface area contributed by atoms with Gasteiger partial charge in [-0.3, -0.25) is 4.79 Å². The van der Waals surface area contributed by atoms with Crippen molar-refractivity contribution in [1.29, 1.82) is 0 Å². The number of carbonyl (C=O) groups excluding carboxylic acids is 2. The first-order valence-electron chi connectivity index (χ1n) is 3.79. The molecule has 0 spiro atoms. The summed E-state index contributed by atoms with van der Waals surface area (Å²) in [6, 6.07) is 4.08. The van der Waals surface area contributed by atoms with E-state index >= 15 is 0 Å². The van der Waals surface area contributed by atoms with Gasteiger partial charge in [0.05, 0.1) is 11.0 Å². The van der Waals surface area contributed by atoms with E-state index in [2.05, 4.69) is 5.32 Å². The Morgan fingerprint density at radius 1 is 1.43 bits per heavy atom. The first-order valence-corrected chi connectivity index (χ1v) is 4.17. The number of hydrogen-bond donors (Lipinski definition) is 1. The van der Waals surface area contributed by atoms with E-state index in [1.54, 1.807) is 0 Å². The van der Waals surface area contributed by atoms with E-state index in [1.165, 1.54) is 25.1 Å². The Morgan fingerprint density at radius 2 is 2.07 bits per heavy atom. The van der Waals surface area contributed by atoms with Gasteiger partial charge >= 0.3 is 0 Å². The Bertz CT molecular complexity index is 390. The van der Waals surface area contributed by atoms with Gasteiger partial charge in [0.15, 0.2) is 0 Å². The Hall–Kier alpha value is -1.55. The largest absolute Gasteiger partial charge is 0.545 e. The minimum absolute atomic E-state index is 0.0382. The lowest BCUT2D eigenvalue weighted by Crippen LogP contribution is -2.22. The molecule has 1 rings (SSSR count). The number of hydrogen-bond acceptors (Lipinski definition) is 3. The maximum Gasteiger partial charge on any atom is 0.221 e. The van der Waals surface area contributed by atoms with Crippen LogP contribution in [-0.4, -0.2) is 11.9 Å². The molecular weight excluding hydrogens is 206 g/mol. The fourth-order valence-electron chi connectivity index (χ4n) is 0.962. The zero-order valence-electron chi connectivity index (χ0n) is 7.33. The van der Waals surface area contributed by atoms with E-state index in [0.29, 0.717) is 5.69 Å². The van der Waals surface area contributed by atoms with Crippen LogP contribution in [0.4, 0.5) is 5.69 Å². The minimum atomic E-state index is -1.34. The van der Waals surface area contributed by atoms with E-state index in [1.807, 2.05) is 0 Å². The van der Waals surface area contributed by atoms with Crippen LogP contribution in [-0.2, 0) is 4.79 Å². The second-order valence-corrected chi connectivity index (χ2v) is 3.07. The van der Waals surface area contributed by atoms with Gasteiger partial charge in [0.2, 0.25) is 5.91 Å². The zero-order chi connectivity index (χ0) is 10.7. The van der Waals surface area contributed by atoms with Crippen molar-refractivity contribution in [3.8, 4) is 0 Å². The molecule has 0 bridgehead atoms. The number of rotatable bonds is 2. The summed E-state index contributed by atoms with van der Waals surface area (Å²) in [6.07, 6.45) is 0. The number of aromatic carboxylic acids is 1. The van der Waals surface area contributed by atoms with Crippen LogP contribution in [0, 0.1) is 0 Å².